The van der Waals surface area contributed by atoms with Gasteiger partial charge in [-0.1, -0.05) is 37.0 Å². The lowest BCUT2D eigenvalue weighted by Crippen LogP contribution is -2.34. The molecule has 128 valence electrons. The normalized spacial score (nSPS) is 17.2. The maximum Gasteiger partial charge on any atom is 0.273 e. The molecule has 1 amide bonds. The van der Waals surface area contributed by atoms with E-state index in [0.717, 1.165) is 24.8 Å². The number of nitrogens with one attached hydrogen (secondary N) is 1. The average Bonchev–Trinajstić information content (AvgIpc) is 2.92. The summed E-state index contributed by atoms with van der Waals surface area (Å²) in [5.41, 5.74) is 1.50. The van der Waals surface area contributed by atoms with E-state index in [9.17, 15) is 4.79 Å². The predicted molar refractivity (Wildman–Crippen MR) is 91.6 cm³/mol. The van der Waals surface area contributed by atoms with E-state index in [1.54, 1.807) is 12.4 Å². The molecule has 24 heavy (non-hydrogen) atoms. The van der Waals surface area contributed by atoms with Gasteiger partial charge in [0.2, 0.25) is 0 Å². The Hall–Kier alpha value is -2.24. The molecule has 3 rings (SSSR count). The number of rotatable bonds is 5. The smallest absolute Gasteiger partial charge is 0.273 e. The van der Waals surface area contributed by atoms with Crippen molar-refractivity contribution >= 4 is 5.91 Å². The summed E-state index contributed by atoms with van der Waals surface area (Å²) in [7, 11) is 0. The first-order valence-corrected chi connectivity index (χ1v) is 8.84. The van der Waals surface area contributed by atoms with Gasteiger partial charge in [-0.05, 0) is 37.8 Å². The van der Waals surface area contributed by atoms with Crippen LogP contribution in [0, 0.1) is 0 Å². The zero-order chi connectivity index (χ0) is 16.8. The van der Waals surface area contributed by atoms with E-state index in [1.807, 2.05) is 29.9 Å². The second-order valence-electron chi connectivity index (χ2n) is 6.67. The molecule has 2 heterocycles. The third kappa shape index (κ3) is 4.40. The molecule has 0 radical (unpaired) electrons. The molecule has 2 aromatic rings. The quantitative estimate of drug-likeness (QED) is 0.857. The van der Waals surface area contributed by atoms with Crippen LogP contribution in [0.15, 0.2) is 30.7 Å². The number of carbonyl (C=O) groups is 1. The monoisotopic (exact) mass is 327 g/mol. The Bertz CT molecular complexity index is 646. The van der Waals surface area contributed by atoms with Crippen LogP contribution >= 0.6 is 0 Å². The molecule has 1 aliphatic rings. The van der Waals surface area contributed by atoms with E-state index in [-0.39, 0.29) is 11.9 Å². The van der Waals surface area contributed by atoms with Crippen LogP contribution in [0.4, 0.5) is 0 Å². The average molecular weight is 327 g/mol. The molecule has 0 spiro atoms. The van der Waals surface area contributed by atoms with E-state index < -0.39 is 0 Å². The molecule has 1 aliphatic carbocycles. The number of amides is 1. The summed E-state index contributed by atoms with van der Waals surface area (Å²) in [6, 6.07) is 4.32. The summed E-state index contributed by atoms with van der Waals surface area (Å²) in [4.78, 5) is 16.5. The van der Waals surface area contributed by atoms with Crippen LogP contribution < -0.4 is 5.32 Å². The van der Waals surface area contributed by atoms with Gasteiger partial charge >= 0.3 is 0 Å². The molecular formula is C18H25N5O. The van der Waals surface area contributed by atoms with Gasteiger partial charge in [-0.15, -0.1) is 5.10 Å². The maximum atomic E-state index is 12.4. The van der Waals surface area contributed by atoms with Crippen molar-refractivity contribution in [2.45, 2.75) is 64.0 Å². The standard InChI is InChI=1S/C18H25N5O/c1-14(11-15-7-6-10-19-12-15)20-18(24)17-13-23(22-21-17)16-8-4-2-3-5-9-16/h6-7,10,12-14,16H,2-5,8-9,11H2,1H3,(H,20,24). The second kappa shape index (κ2) is 8.04. The summed E-state index contributed by atoms with van der Waals surface area (Å²) in [6.45, 7) is 1.99. The van der Waals surface area contributed by atoms with Gasteiger partial charge < -0.3 is 5.32 Å². The first kappa shape index (κ1) is 16.6. The van der Waals surface area contributed by atoms with Crippen molar-refractivity contribution in [2.24, 2.45) is 0 Å². The fraction of sp³-hybridized carbons (Fsp3) is 0.556. The van der Waals surface area contributed by atoms with Crippen LogP contribution in [0.3, 0.4) is 0 Å². The third-order valence-electron chi connectivity index (χ3n) is 4.58. The summed E-state index contributed by atoms with van der Waals surface area (Å²) in [5, 5.41) is 11.3. The van der Waals surface area contributed by atoms with Gasteiger partial charge in [-0.25, -0.2) is 4.68 Å². The van der Waals surface area contributed by atoms with E-state index >= 15 is 0 Å². The molecular weight excluding hydrogens is 302 g/mol. The molecule has 0 bridgehead atoms. The van der Waals surface area contributed by atoms with Crippen molar-refractivity contribution in [1.29, 1.82) is 0 Å². The molecule has 1 atom stereocenters. The Morgan fingerprint density at radius 3 is 2.83 bits per heavy atom. The minimum atomic E-state index is -0.161. The van der Waals surface area contributed by atoms with Crippen LogP contribution in [-0.4, -0.2) is 31.9 Å². The zero-order valence-corrected chi connectivity index (χ0v) is 14.2. The molecule has 1 unspecified atom stereocenters. The van der Waals surface area contributed by atoms with Gasteiger partial charge in [0.25, 0.3) is 5.91 Å². The molecule has 6 heteroatoms. The Kier molecular flexibility index (Phi) is 5.56. The summed E-state index contributed by atoms with van der Waals surface area (Å²) in [5.74, 6) is -0.161. The Balaban J connectivity index is 1.57. The Morgan fingerprint density at radius 1 is 1.33 bits per heavy atom. The minimum Gasteiger partial charge on any atom is -0.348 e. The van der Waals surface area contributed by atoms with Gasteiger partial charge in [-0.2, -0.15) is 0 Å². The molecule has 0 saturated heterocycles. The van der Waals surface area contributed by atoms with Crippen molar-refractivity contribution in [1.82, 2.24) is 25.3 Å². The first-order chi connectivity index (χ1) is 11.7. The van der Waals surface area contributed by atoms with Gasteiger partial charge in [-0.3, -0.25) is 9.78 Å². The molecule has 0 aromatic carbocycles. The lowest BCUT2D eigenvalue weighted by Gasteiger charge is -2.13. The van der Waals surface area contributed by atoms with Gasteiger partial charge in [0.1, 0.15) is 0 Å². The number of pyridine rings is 1. The van der Waals surface area contributed by atoms with Gasteiger partial charge in [0.15, 0.2) is 5.69 Å². The maximum absolute atomic E-state index is 12.4. The van der Waals surface area contributed by atoms with Crippen molar-refractivity contribution in [3.8, 4) is 0 Å². The van der Waals surface area contributed by atoms with Gasteiger partial charge in [0, 0.05) is 18.4 Å². The van der Waals surface area contributed by atoms with Crippen molar-refractivity contribution in [3.05, 3.63) is 42.0 Å². The van der Waals surface area contributed by atoms with E-state index in [0.29, 0.717) is 11.7 Å². The molecule has 2 aromatic heterocycles. The number of hydrogen-bond donors (Lipinski definition) is 1. The minimum absolute atomic E-state index is 0.0183. The fourth-order valence-electron chi connectivity index (χ4n) is 3.30. The Labute approximate surface area is 142 Å². The fourth-order valence-corrected chi connectivity index (χ4v) is 3.30. The third-order valence-corrected chi connectivity index (χ3v) is 4.58. The van der Waals surface area contributed by atoms with E-state index in [2.05, 4.69) is 20.6 Å². The van der Waals surface area contributed by atoms with Crippen molar-refractivity contribution < 1.29 is 4.79 Å². The number of aromatic nitrogens is 4. The second-order valence-corrected chi connectivity index (χ2v) is 6.67. The highest BCUT2D eigenvalue weighted by Crippen LogP contribution is 2.26. The van der Waals surface area contributed by atoms with E-state index in [4.69, 9.17) is 0 Å². The summed E-state index contributed by atoms with van der Waals surface area (Å²) >= 11 is 0. The highest BCUT2D eigenvalue weighted by Gasteiger charge is 2.19. The Morgan fingerprint density at radius 2 is 2.12 bits per heavy atom. The lowest BCUT2D eigenvalue weighted by atomic mass is 10.1. The first-order valence-electron chi connectivity index (χ1n) is 8.84. The topological polar surface area (TPSA) is 72.7 Å². The van der Waals surface area contributed by atoms with Crippen LogP contribution in [0.1, 0.15) is 67.5 Å². The lowest BCUT2D eigenvalue weighted by molar-refractivity contribution is 0.0935. The highest BCUT2D eigenvalue weighted by molar-refractivity contribution is 5.92. The highest BCUT2D eigenvalue weighted by atomic mass is 16.2. The van der Waals surface area contributed by atoms with E-state index in [1.165, 1.54) is 25.7 Å². The van der Waals surface area contributed by atoms with Crippen molar-refractivity contribution in [3.63, 3.8) is 0 Å². The number of hydrogen-bond acceptors (Lipinski definition) is 4. The number of carbonyl (C=O) groups excluding carboxylic acids is 1. The molecule has 1 saturated carbocycles. The van der Waals surface area contributed by atoms with Crippen LogP contribution in [-0.2, 0) is 6.42 Å². The molecule has 1 fully saturated rings. The summed E-state index contributed by atoms with van der Waals surface area (Å²) < 4.78 is 1.88. The van der Waals surface area contributed by atoms with Crippen molar-refractivity contribution in [2.75, 3.05) is 0 Å². The van der Waals surface area contributed by atoms with Crippen LogP contribution in [0.2, 0.25) is 0 Å². The molecule has 1 N–H and O–H groups in total. The molecule has 6 nitrogen and oxygen atoms in total. The van der Waals surface area contributed by atoms with Crippen LogP contribution in [0.25, 0.3) is 0 Å². The SMILES string of the molecule is CC(Cc1cccnc1)NC(=O)c1cn(C2CCCCCC2)nn1. The van der Waals surface area contributed by atoms with Gasteiger partial charge in [0.05, 0.1) is 12.2 Å². The predicted octanol–water partition coefficient (Wildman–Crippen LogP) is 2.93. The zero-order valence-electron chi connectivity index (χ0n) is 14.2. The largest absolute Gasteiger partial charge is 0.348 e. The summed E-state index contributed by atoms with van der Waals surface area (Å²) in [6.07, 6.45) is 13.4. The van der Waals surface area contributed by atoms with Crippen LogP contribution in [0.5, 0.6) is 0 Å². The molecule has 0 aliphatic heterocycles. The number of nitrogens with zero attached hydrogens (tertiary/aromatic N) is 4.